The molecule has 0 heterocycles. The minimum Gasteiger partial charge on any atom is -0.466 e. The van der Waals surface area contributed by atoms with Crippen molar-refractivity contribution in [3.8, 4) is 0 Å². The molecule has 0 radical (unpaired) electrons. The number of rotatable bonds is 7. The first-order valence-corrected chi connectivity index (χ1v) is 7.95. The van der Waals surface area contributed by atoms with Crippen LogP contribution in [0.25, 0.3) is 0 Å². The van der Waals surface area contributed by atoms with Crippen LogP contribution in [-0.4, -0.2) is 12.6 Å². The summed E-state index contributed by atoms with van der Waals surface area (Å²) in [4.78, 5) is 11.4. The first-order valence-electron chi connectivity index (χ1n) is 7.95. The maximum absolute atomic E-state index is 11.4. The molecule has 0 spiro atoms. The summed E-state index contributed by atoms with van der Waals surface area (Å²) < 4.78 is 4.94. The van der Waals surface area contributed by atoms with Crippen LogP contribution in [0.1, 0.15) is 70.9 Å². The second kappa shape index (κ2) is 11.5. The molecule has 2 heteroatoms. The SMILES string of the molecule is CC.CCCC(CC)c1ccc(CC(=O)OCC)cc1. The molecule has 0 fully saturated rings. The van der Waals surface area contributed by atoms with E-state index in [1.807, 2.05) is 32.9 Å². The summed E-state index contributed by atoms with van der Waals surface area (Å²) >= 11 is 0. The van der Waals surface area contributed by atoms with Gasteiger partial charge < -0.3 is 4.74 Å². The topological polar surface area (TPSA) is 26.3 Å². The van der Waals surface area contributed by atoms with Crippen LogP contribution in [-0.2, 0) is 16.0 Å². The van der Waals surface area contributed by atoms with Gasteiger partial charge in [-0.2, -0.15) is 0 Å². The van der Waals surface area contributed by atoms with Crippen molar-refractivity contribution in [3.63, 3.8) is 0 Å². The van der Waals surface area contributed by atoms with E-state index in [0.29, 0.717) is 18.9 Å². The molecule has 0 saturated carbocycles. The molecule has 1 aromatic rings. The van der Waals surface area contributed by atoms with Crippen LogP contribution in [0.3, 0.4) is 0 Å². The minimum atomic E-state index is -0.147. The molecule has 0 aromatic heterocycles. The highest BCUT2D eigenvalue weighted by Gasteiger charge is 2.09. The quantitative estimate of drug-likeness (QED) is 0.648. The molecule has 0 aliphatic heterocycles. The smallest absolute Gasteiger partial charge is 0.310 e. The molecule has 1 atom stereocenters. The van der Waals surface area contributed by atoms with Crippen molar-refractivity contribution in [2.45, 2.75) is 66.2 Å². The van der Waals surface area contributed by atoms with Crippen LogP contribution in [0, 0.1) is 0 Å². The molecule has 0 aliphatic carbocycles. The van der Waals surface area contributed by atoms with E-state index in [9.17, 15) is 4.79 Å². The van der Waals surface area contributed by atoms with Gasteiger partial charge in [0.2, 0.25) is 0 Å². The van der Waals surface area contributed by atoms with Crippen LogP contribution in [0.15, 0.2) is 24.3 Å². The highest BCUT2D eigenvalue weighted by Crippen LogP contribution is 2.24. The molecule has 1 aromatic carbocycles. The van der Waals surface area contributed by atoms with Gasteiger partial charge in [-0.25, -0.2) is 0 Å². The van der Waals surface area contributed by atoms with E-state index in [0.717, 1.165) is 5.56 Å². The van der Waals surface area contributed by atoms with Crippen molar-refractivity contribution in [2.75, 3.05) is 6.61 Å². The van der Waals surface area contributed by atoms with Gasteiger partial charge in [0.1, 0.15) is 0 Å². The molecule has 0 aliphatic rings. The van der Waals surface area contributed by atoms with Crippen LogP contribution in [0.5, 0.6) is 0 Å². The van der Waals surface area contributed by atoms with Crippen molar-refractivity contribution in [1.29, 1.82) is 0 Å². The summed E-state index contributed by atoms with van der Waals surface area (Å²) in [5.74, 6) is 0.498. The van der Waals surface area contributed by atoms with Crippen LogP contribution >= 0.6 is 0 Å². The van der Waals surface area contributed by atoms with Crippen LogP contribution < -0.4 is 0 Å². The molecule has 114 valence electrons. The van der Waals surface area contributed by atoms with Crippen molar-refractivity contribution >= 4 is 5.97 Å². The van der Waals surface area contributed by atoms with Crippen LogP contribution in [0.4, 0.5) is 0 Å². The minimum absolute atomic E-state index is 0.147. The van der Waals surface area contributed by atoms with Gasteiger partial charge in [-0.05, 0) is 36.8 Å². The molecule has 1 unspecified atom stereocenters. The second-order valence-electron chi connectivity index (χ2n) is 4.62. The summed E-state index contributed by atoms with van der Waals surface area (Å²) in [6, 6.07) is 8.39. The molecular weight excluding hydrogens is 248 g/mol. The molecule has 2 nitrogen and oxygen atoms in total. The Bertz CT molecular complexity index is 354. The molecule has 20 heavy (non-hydrogen) atoms. The highest BCUT2D eigenvalue weighted by atomic mass is 16.5. The van der Waals surface area contributed by atoms with Crippen molar-refractivity contribution in [3.05, 3.63) is 35.4 Å². The Hall–Kier alpha value is -1.31. The van der Waals surface area contributed by atoms with Gasteiger partial charge >= 0.3 is 5.97 Å². The van der Waals surface area contributed by atoms with Gasteiger partial charge in [0.25, 0.3) is 0 Å². The van der Waals surface area contributed by atoms with Crippen molar-refractivity contribution in [1.82, 2.24) is 0 Å². The lowest BCUT2D eigenvalue weighted by Crippen LogP contribution is -2.07. The Kier molecular flexibility index (Phi) is 10.8. The maximum atomic E-state index is 11.4. The summed E-state index contributed by atoms with van der Waals surface area (Å²) in [5, 5.41) is 0. The van der Waals surface area contributed by atoms with E-state index in [-0.39, 0.29) is 5.97 Å². The van der Waals surface area contributed by atoms with E-state index < -0.39 is 0 Å². The summed E-state index contributed by atoms with van der Waals surface area (Å²) in [5.41, 5.74) is 2.41. The average Bonchev–Trinajstić information content (AvgIpc) is 2.48. The van der Waals surface area contributed by atoms with Crippen molar-refractivity contribution in [2.24, 2.45) is 0 Å². The first kappa shape index (κ1) is 18.7. The zero-order valence-electron chi connectivity index (χ0n) is 13.7. The lowest BCUT2D eigenvalue weighted by Gasteiger charge is -2.14. The Morgan fingerprint density at radius 1 is 1.10 bits per heavy atom. The van der Waals surface area contributed by atoms with Crippen LogP contribution in [0.2, 0.25) is 0 Å². The van der Waals surface area contributed by atoms with E-state index in [1.165, 1.54) is 24.8 Å². The normalized spacial score (nSPS) is 11.2. The van der Waals surface area contributed by atoms with E-state index in [2.05, 4.69) is 26.0 Å². The summed E-state index contributed by atoms with van der Waals surface area (Å²) in [7, 11) is 0. The third kappa shape index (κ3) is 6.74. The Balaban J connectivity index is 0.00000172. The Morgan fingerprint density at radius 2 is 1.70 bits per heavy atom. The Morgan fingerprint density at radius 3 is 2.15 bits per heavy atom. The van der Waals surface area contributed by atoms with E-state index in [4.69, 9.17) is 4.74 Å². The van der Waals surface area contributed by atoms with E-state index in [1.54, 1.807) is 0 Å². The van der Waals surface area contributed by atoms with Crippen molar-refractivity contribution < 1.29 is 9.53 Å². The zero-order chi connectivity index (χ0) is 15.4. The van der Waals surface area contributed by atoms with Gasteiger partial charge in [0.15, 0.2) is 0 Å². The fourth-order valence-electron chi connectivity index (χ4n) is 2.24. The lowest BCUT2D eigenvalue weighted by atomic mass is 9.91. The summed E-state index contributed by atoms with van der Waals surface area (Å²) in [6.45, 7) is 10.7. The Labute approximate surface area is 124 Å². The number of ether oxygens (including phenoxy) is 1. The number of hydrogen-bond donors (Lipinski definition) is 0. The standard InChI is InChI=1S/C16H24O2.C2H6/c1-4-7-14(5-2)15-10-8-13(9-11-15)12-16(17)18-6-3;1-2/h8-11,14H,4-7,12H2,1-3H3;1-2H3. The predicted octanol–water partition coefficient (Wildman–Crippen LogP) is 5.11. The number of carbonyl (C=O) groups excluding carboxylic acids is 1. The third-order valence-electron chi connectivity index (χ3n) is 3.23. The monoisotopic (exact) mass is 278 g/mol. The second-order valence-corrected chi connectivity index (χ2v) is 4.62. The van der Waals surface area contributed by atoms with Gasteiger partial charge in [0, 0.05) is 0 Å². The molecule has 1 rings (SSSR count). The number of benzene rings is 1. The zero-order valence-corrected chi connectivity index (χ0v) is 13.7. The number of carbonyl (C=O) groups is 1. The molecule has 0 N–H and O–H groups in total. The molecule has 0 amide bonds. The highest BCUT2D eigenvalue weighted by molar-refractivity contribution is 5.72. The van der Waals surface area contributed by atoms with Gasteiger partial charge in [-0.15, -0.1) is 0 Å². The molecular formula is C18H30O2. The lowest BCUT2D eigenvalue weighted by molar-refractivity contribution is -0.142. The third-order valence-corrected chi connectivity index (χ3v) is 3.23. The maximum Gasteiger partial charge on any atom is 0.310 e. The predicted molar refractivity (Wildman–Crippen MR) is 86.1 cm³/mol. The average molecular weight is 278 g/mol. The first-order chi connectivity index (χ1) is 9.71. The number of esters is 1. The van der Waals surface area contributed by atoms with Gasteiger partial charge in [-0.1, -0.05) is 58.4 Å². The molecule has 0 saturated heterocycles. The number of hydrogen-bond acceptors (Lipinski definition) is 2. The van der Waals surface area contributed by atoms with E-state index >= 15 is 0 Å². The molecule has 0 bridgehead atoms. The van der Waals surface area contributed by atoms with Gasteiger partial charge in [-0.3, -0.25) is 4.79 Å². The fraction of sp³-hybridized carbons (Fsp3) is 0.611. The fourth-order valence-corrected chi connectivity index (χ4v) is 2.24. The van der Waals surface area contributed by atoms with Gasteiger partial charge in [0.05, 0.1) is 13.0 Å². The largest absolute Gasteiger partial charge is 0.466 e. The summed E-state index contributed by atoms with van der Waals surface area (Å²) in [6.07, 6.45) is 3.99.